The van der Waals surface area contributed by atoms with Crippen LogP contribution in [-0.4, -0.2) is 26.0 Å². The van der Waals surface area contributed by atoms with Crippen LogP contribution in [0.25, 0.3) is 16.7 Å². The smallest absolute Gasteiger partial charge is 0.290 e. The summed E-state index contributed by atoms with van der Waals surface area (Å²) >= 11 is 0. The van der Waals surface area contributed by atoms with Gasteiger partial charge in [0.1, 0.15) is 11.0 Å². The van der Waals surface area contributed by atoms with Gasteiger partial charge in [0.25, 0.3) is 5.91 Å². The van der Waals surface area contributed by atoms with Crippen molar-refractivity contribution in [3.8, 4) is 5.69 Å². The molecule has 1 heterocycles. The first-order valence-electron chi connectivity index (χ1n) is 7.18. The second kappa shape index (κ2) is 5.92. The van der Waals surface area contributed by atoms with Gasteiger partial charge in [-0.05, 0) is 55.8 Å². The quantitative estimate of drug-likeness (QED) is 0.575. The number of aromatic nitrogens is 3. The van der Waals surface area contributed by atoms with Crippen LogP contribution in [0.1, 0.15) is 12.5 Å². The number of anilines is 1. The molecule has 0 saturated carbocycles. The van der Waals surface area contributed by atoms with Gasteiger partial charge >= 0.3 is 0 Å². The number of nitrogens with zero attached hydrogens (tertiary/aromatic N) is 3. The van der Waals surface area contributed by atoms with Crippen LogP contribution in [0.4, 0.5) is 5.69 Å². The molecule has 0 aliphatic carbocycles. The minimum Gasteiger partial charge on any atom is -0.503 e. The molecule has 0 aliphatic heterocycles. The standard InChI is InChI=1S/C17H16N4O2/c1-3-16(22)17(23)18-13-9-8-12(10-11(13)2)21-19-14-6-4-5-7-15(14)20-21/h3-10,22H,1-2H3,(H,18,23). The summed E-state index contributed by atoms with van der Waals surface area (Å²) in [5.41, 5.74) is 3.91. The van der Waals surface area contributed by atoms with Crippen LogP contribution in [0.5, 0.6) is 0 Å². The molecule has 1 amide bonds. The second-order valence-corrected chi connectivity index (χ2v) is 5.11. The lowest BCUT2D eigenvalue weighted by Gasteiger charge is -2.09. The lowest BCUT2D eigenvalue weighted by atomic mass is 10.1. The number of allylic oxidation sites excluding steroid dienone is 1. The van der Waals surface area contributed by atoms with Gasteiger partial charge in [-0.1, -0.05) is 12.1 Å². The minimum absolute atomic E-state index is 0.312. The zero-order valence-corrected chi connectivity index (χ0v) is 12.8. The fourth-order valence-electron chi connectivity index (χ4n) is 2.21. The lowest BCUT2D eigenvalue weighted by Crippen LogP contribution is -2.15. The Morgan fingerprint density at radius 2 is 1.83 bits per heavy atom. The molecule has 116 valence electrons. The number of rotatable bonds is 3. The summed E-state index contributed by atoms with van der Waals surface area (Å²) in [6.45, 7) is 3.47. The summed E-state index contributed by atoms with van der Waals surface area (Å²) in [6, 6.07) is 13.1. The number of amides is 1. The van der Waals surface area contributed by atoms with E-state index in [1.54, 1.807) is 17.8 Å². The third-order valence-electron chi connectivity index (χ3n) is 3.48. The van der Waals surface area contributed by atoms with Crippen molar-refractivity contribution in [2.75, 3.05) is 5.32 Å². The highest BCUT2D eigenvalue weighted by molar-refractivity contribution is 6.02. The van der Waals surface area contributed by atoms with E-state index in [1.165, 1.54) is 6.08 Å². The zero-order chi connectivity index (χ0) is 16.4. The lowest BCUT2D eigenvalue weighted by molar-refractivity contribution is -0.115. The summed E-state index contributed by atoms with van der Waals surface area (Å²) in [5, 5.41) is 20.9. The maximum atomic E-state index is 11.7. The molecule has 0 atom stereocenters. The van der Waals surface area contributed by atoms with Crippen LogP contribution in [0.15, 0.2) is 54.3 Å². The van der Waals surface area contributed by atoms with E-state index in [4.69, 9.17) is 0 Å². The number of aryl methyl sites for hydroxylation is 1. The zero-order valence-electron chi connectivity index (χ0n) is 12.8. The van der Waals surface area contributed by atoms with Crippen molar-refractivity contribution in [1.29, 1.82) is 0 Å². The monoisotopic (exact) mass is 308 g/mol. The first kappa shape index (κ1) is 14.8. The molecule has 3 aromatic rings. The van der Waals surface area contributed by atoms with Gasteiger partial charge in [0, 0.05) is 5.69 Å². The highest BCUT2D eigenvalue weighted by Gasteiger charge is 2.10. The number of fused-ring (bicyclic) bond motifs is 1. The van der Waals surface area contributed by atoms with Gasteiger partial charge in [0.15, 0.2) is 5.76 Å². The molecule has 1 aromatic heterocycles. The van der Waals surface area contributed by atoms with Gasteiger partial charge in [0.05, 0.1) is 5.69 Å². The Balaban J connectivity index is 1.91. The van der Waals surface area contributed by atoms with E-state index in [9.17, 15) is 9.90 Å². The molecule has 2 aromatic carbocycles. The summed E-state index contributed by atoms with van der Waals surface area (Å²) in [7, 11) is 0. The van der Waals surface area contributed by atoms with Gasteiger partial charge in [0.2, 0.25) is 0 Å². The van der Waals surface area contributed by atoms with Crippen LogP contribution in [-0.2, 0) is 4.79 Å². The predicted molar refractivity (Wildman–Crippen MR) is 88.6 cm³/mol. The molecule has 0 spiro atoms. The molecule has 0 radical (unpaired) electrons. The van der Waals surface area contributed by atoms with E-state index < -0.39 is 5.91 Å². The summed E-state index contributed by atoms with van der Waals surface area (Å²) in [4.78, 5) is 13.3. The average Bonchev–Trinajstić information content (AvgIpc) is 2.99. The Kier molecular flexibility index (Phi) is 3.80. The number of hydrogen-bond donors (Lipinski definition) is 2. The Bertz CT molecular complexity index is 879. The van der Waals surface area contributed by atoms with Crippen LogP contribution < -0.4 is 5.32 Å². The van der Waals surface area contributed by atoms with Crippen molar-refractivity contribution in [2.24, 2.45) is 0 Å². The Morgan fingerprint density at radius 1 is 1.17 bits per heavy atom. The maximum absolute atomic E-state index is 11.7. The Hall–Kier alpha value is -3.15. The van der Waals surface area contributed by atoms with E-state index in [1.807, 2.05) is 43.3 Å². The molecule has 0 unspecified atom stereocenters. The summed E-state index contributed by atoms with van der Waals surface area (Å²) in [6.07, 6.45) is 1.35. The molecule has 23 heavy (non-hydrogen) atoms. The van der Waals surface area contributed by atoms with Crippen molar-refractivity contribution < 1.29 is 9.90 Å². The Labute approximate surface area is 133 Å². The van der Waals surface area contributed by atoms with Gasteiger partial charge in [-0.2, -0.15) is 4.80 Å². The largest absolute Gasteiger partial charge is 0.503 e. The van der Waals surface area contributed by atoms with E-state index in [-0.39, 0.29) is 5.76 Å². The predicted octanol–water partition coefficient (Wildman–Crippen LogP) is 3.13. The van der Waals surface area contributed by atoms with Crippen molar-refractivity contribution in [3.63, 3.8) is 0 Å². The van der Waals surface area contributed by atoms with Gasteiger partial charge < -0.3 is 10.4 Å². The molecular weight excluding hydrogens is 292 g/mol. The third-order valence-corrected chi connectivity index (χ3v) is 3.48. The highest BCUT2D eigenvalue weighted by Crippen LogP contribution is 2.20. The molecule has 2 N–H and O–H groups in total. The molecule has 0 bridgehead atoms. The normalized spacial score (nSPS) is 11.7. The number of benzene rings is 2. The number of nitrogens with one attached hydrogen (secondary N) is 1. The maximum Gasteiger partial charge on any atom is 0.290 e. The number of carbonyl (C=O) groups excluding carboxylic acids is 1. The molecule has 0 fully saturated rings. The van der Waals surface area contributed by atoms with E-state index in [0.717, 1.165) is 22.3 Å². The first-order chi connectivity index (χ1) is 11.1. The van der Waals surface area contributed by atoms with Crippen LogP contribution >= 0.6 is 0 Å². The number of aliphatic hydroxyl groups excluding tert-OH is 1. The molecular formula is C17H16N4O2. The van der Waals surface area contributed by atoms with Gasteiger partial charge in [-0.3, -0.25) is 4.79 Å². The van der Waals surface area contributed by atoms with Crippen LogP contribution in [0, 0.1) is 6.92 Å². The summed E-state index contributed by atoms with van der Waals surface area (Å²) in [5.74, 6) is -0.847. The van der Waals surface area contributed by atoms with Crippen LogP contribution in [0.3, 0.4) is 0 Å². The summed E-state index contributed by atoms with van der Waals surface area (Å²) < 4.78 is 0. The molecule has 6 heteroatoms. The number of aliphatic hydroxyl groups is 1. The van der Waals surface area contributed by atoms with Crippen molar-refractivity contribution in [3.05, 3.63) is 59.9 Å². The second-order valence-electron chi connectivity index (χ2n) is 5.11. The van der Waals surface area contributed by atoms with Crippen molar-refractivity contribution in [1.82, 2.24) is 15.0 Å². The Morgan fingerprint density at radius 3 is 2.39 bits per heavy atom. The first-order valence-corrected chi connectivity index (χ1v) is 7.18. The van der Waals surface area contributed by atoms with E-state index in [2.05, 4.69) is 15.5 Å². The fraction of sp³-hybridized carbons (Fsp3) is 0.118. The van der Waals surface area contributed by atoms with Gasteiger partial charge in [-0.25, -0.2) is 0 Å². The molecule has 3 rings (SSSR count). The van der Waals surface area contributed by atoms with Gasteiger partial charge in [-0.15, -0.1) is 10.2 Å². The molecule has 6 nitrogen and oxygen atoms in total. The number of hydrogen-bond acceptors (Lipinski definition) is 4. The highest BCUT2D eigenvalue weighted by atomic mass is 16.3. The van der Waals surface area contributed by atoms with E-state index in [0.29, 0.717) is 5.69 Å². The number of carbonyl (C=O) groups is 1. The minimum atomic E-state index is -0.536. The van der Waals surface area contributed by atoms with Crippen LogP contribution in [0.2, 0.25) is 0 Å². The fourth-order valence-corrected chi connectivity index (χ4v) is 2.21. The third kappa shape index (κ3) is 2.91. The molecule has 0 aliphatic rings. The van der Waals surface area contributed by atoms with Crippen molar-refractivity contribution >= 4 is 22.6 Å². The average molecular weight is 308 g/mol. The SMILES string of the molecule is CC=C(O)C(=O)Nc1ccc(-n2nc3ccccc3n2)cc1C. The molecule has 0 saturated heterocycles. The topological polar surface area (TPSA) is 80.0 Å². The van der Waals surface area contributed by atoms with Crippen molar-refractivity contribution in [2.45, 2.75) is 13.8 Å². The van der Waals surface area contributed by atoms with E-state index >= 15 is 0 Å².